The smallest absolute Gasteiger partial charge is 0.255 e. The Hall–Kier alpha value is -4.32. The van der Waals surface area contributed by atoms with Gasteiger partial charge in [0.05, 0.1) is 11.6 Å². The molecule has 11 nitrogen and oxygen atoms in total. The van der Waals surface area contributed by atoms with Crippen molar-refractivity contribution in [1.82, 2.24) is 9.80 Å². The van der Waals surface area contributed by atoms with E-state index in [1.54, 1.807) is 44.4 Å². The molecule has 1 fully saturated rings. The average molecular weight is 604 g/mol. The highest BCUT2D eigenvalue weighted by Gasteiger charge is 2.64. The molecule has 6 N–H and O–H groups in total. The number of aliphatic hydroxyl groups is 3. The molecule has 1 amide bonds. The highest BCUT2D eigenvalue weighted by Crippen LogP contribution is 2.53. The van der Waals surface area contributed by atoms with E-state index in [-0.39, 0.29) is 35.5 Å². The number of likely N-dealkylation sites (N-methyl/N-ethyl adjacent to an activating group) is 1. The molecule has 2 aromatic rings. The molecular weight excluding hydrogens is 566 g/mol. The fourth-order valence-corrected chi connectivity index (χ4v) is 7.05. The monoisotopic (exact) mass is 603 g/mol. The van der Waals surface area contributed by atoms with E-state index in [1.165, 1.54) is 11.0 Å². The van der Waals surface area contributed by atoms with Crippen molar-refractivity contribution in [3.63, 3.8) is 0 Å². The summed E-state index contributed by atoms with van der Waals surface area (Å²) in [6, 6.07) is 9.00. The first kappa shape index (κ1) is 31.1. The molecule has 0 aliphatic heterocycles. The lowest BCUT2D eigenvalue weighted by Gasteiger charge is -2.50. The standard InChI is InChI=1S/C33H37N3O8/c1-35(2)13-5-6-22(37)17-9-7-16(8-10-17)19-11-12-23(38)25-20(19)14-18-15-21-27(36(3)4)29(40)26(32(34)43)31(42)33(21,44)30(41)24(18)28(25)39/h7-12,18,21,27,38-39,42,44H,5-6,13-15H2,1-4H3,(H2,34,43)/t18-,21-,27-,33+/m1/s1. The van der Waals surface area contributed by atoms with Crippen molar-refractivity contribution in [2.45, 2.75) is 37.3 Å². The third-order valence-corrected chi connectivity index (χ3v) is 9.13. The number of hydrogen-bond donors (Lipinski definition) is 5. The van der Waals surface area contributed by atoms with Gasteiger partial charge in [-0.1, -0.05) is 30.3 Å². The van der Waals surface area contributed by atoms with Gasteiger partial charge in [-0.05, 0) is 82.7 Å². The van der Waals surface area contributed by atoms with E-state index in [1.807, 2.05) is 19.0 Å². The molecule has 0 bridgehead atoms. The number of nitrogens with zero attached hydrogens (tertiary/aromatic N) is 2. The Morgan fingerprint density at radius 2 is 1.66 bits per heavy atom. The van der Waals surface area contributed by atoms with Crippen molar-refractivity contribution in [3.8, 4) is 16.9 Å². The maximum Gasteiger partial charge on any atom is 0.255 e. The van der Waals surface area contributed by atoms with Crippen LogP contribution in [0.3, 0.4) is 0 Å². The number of aromatic hydroxyl groups is 1. The summed E-state index contributed by atoms with van der Waals surface area (Å²) in [4.78, 5) is 55.6. The maximum absolute atomic E-state index is 14.0. The molecule has 0 spiro atoms. The van der Waals surface area contributed by atoms with E-state index in [0.717, 1.165) is 18.5 Å². The van der Waals surface area contributed by atoms with Crippen LogP contribution in [0.5, 0.6) is 5.75 Å². The van der Waals surface area contributed by atoms with Crippen LogP contribution in [-0.4, -0.2) is 99.9 Å². The van der Waals surface area contributed by atoms with Crippen LogP contribution < -0.4 is 5.73 Å². The molecule has 4 atom stereocenters. The molecule has 5 rings (SSSR count). The molecule has 0 aromatic heterocycles. The van der Waals surface area contributed by atoms with Crippen LogP contribution in [0.2, 0.25) is 0 Å². The van der Waals surface area contributed by atoms with Gasteiger partial charge in [0.2, 0.25) is 5.78 Å². The Balaban J connectivity index is 1.58. The van der Waals surface area contributed by atoms with Gasteiger partial charge >= 0.3 is 0 Å². The number of ketones is 3. The Morgan fingerprint density at radius 3 is 2.25 bits per heavy atom. The van der Waals surface area contributed by atoms with Gasteiger partial charge in [-0.25, -0.2) is 0 Å². The highest BCUT2D eigenvalue weighted by molar-refractivity contribution is 6.24. The van der Waals surface area contributed by atoms with Crippen LogP contribution in [0.4, 0.5) is 0 Å². The summed E-state index contributed by atoms with van der Waals surface area (Å²) in [6.45, 7) is 0.802. The normalized spacial score (nSPS) is 24.8. The summed E-state index contributed by atoms with van der Waals surface area (Å²) >= 11 is 0. The second kappa shape index (κ2) is 11.3. The Labute approximate surface area is 254 Å². The van der Waals surface area contributed by atoms with Crippen LogP contribution >= 0.6 is 0 Å². The lowest BCUT2D eigenvalue weighted by molar-refractivity contribution is -0.153. The molecule has 0 radical (unpaired) electrons. The summed E-state index contributed by atoms with van der Waals surface area (Å²) in [5, 5.41) is 45.1. The van der Waals surface area contributed by atoms with Crippen LogP contribution in [0.25, 0.3) is 16.9 Å². The van der Waals surface area contributed by atoms with Gasteiger partial charge in [0.15, 0.2) is 17.2 Å². The van der Waals surface area contributed by atoms with Gasteiger partial charge in [0.25, 0.3) is 5.91 Å². The predicted octanol–water partition coefficient (Wildman–Crippen LogP) is 2.16. The number of nitrogens with two attached hydrogens (primary N) is 1. The molecule has 1 saturated carbocycles. The zero-order chi connectivity index (χ0) is 32.2. The summed E-state index contributed by atoms with van der Waals surface area (Å²) < 4.78 is 0. The lowest BCUT2D eigenvalue weighted by atomic mass is 9.57. The molecule has 3 aliphatic carbocycles. The van der Waals surface area contributed by atoms with Gasteiger partial charge in [0.1, 0.15) is 22.8 Å². The summed E-state index contributed by atoms with van der Waals surface area (Å²) in [5.41, 5.74) is 4.18. The first-order valence-electron chi connectivity index (χ1n) is 14.5. The zero-order valence-corrected chi connectivity index (χ0v) is 25.1. The van der Waals surface area contributed by atoms with Crippen LogP contribution in [0.1, 0.15) is 40.7 Å². The number of carbonyl (C=O) groups is 4. The lowest BCUT2D eigenvalue weighted by Crippen LogP contribution is -2.65. The van der Waals surface area contributed by atoms with Crippen LogP contribution in [0, 0.1) is 11.8 Å². The number of primary amides is 1. The van der Waals surface area contributed by atoms with Gasteiger partial charge in [-0.15, -0.1) is 0 Å². The Bertz CT molecular complexity index is 1640. The molecule has 232 valence electrons. The number of phenols is 1. The minimum Gasteiger partial charge on any atom is -0.508 e. The summed E-state index contributed by atoms with van der Waals surface area (Å²) in [6.07, 6.45) is 1.32. The fourth-order valence-electron chi connectivity index (χ4n) is 7.05. The van der Waals surface area contributed by atoms with Crippen molar-refractivity contribution in [2.24, 2.45) is 17.6 Å². The number of benzene rings is 2. The third kappa shape index (κ3) is 4.81. The van der Waals surface area contributed by atoms with Crippen molar-refractivity contribution >= 4 is 29.0 Å². The minimum atomic E-state index is -2.69. The number of amides is 1. The molecule has 44 heavy (non-hydrogen) atoms. The first-order chi connectivity index (χ1) is 20.7. The molecule has 0 saturated heterocycles. The Kier molecular flexibility index (Phi) is 8.00. The number of hydrogen-bond acceptors (Lipinski definition) is 10. The molecule has 0 unspecified atom stereocenters. The topological polar surface area (TPSA) is 182 Å². The van der Waals surface area contributed by atoms with Gasteiger partial charge in [0, 0.05) is 23.5 Å². The quantitative estimate of drug-likeness (QED) is 0.222. The van der Waals surface area contributed by atoms with Crippen molar-refractivity contribution in [1.29, 1.82) is 0 Å². The van der Waals surface area contributed by atoms with Crippen molar-refractivity contribution in [3.05, 3.63) is 70.0 Å². The predicted molar refractivity (Wildman–Crippen MR) is 162 cm³/mol. The van der Waals surface area contributed by atoms with Gasteiger partial charge < -0.3 is 31.1 Å². The van der Waals surface area contributed by atoms with E-state index in [9.17, 15) is 39.6 Å². The van der Waals surface area contributed by atoms with E-state index in [2.05, 4.69) is 0 Å². The molecule has 0 heterocycles. The number of fused-ring (bicyclic) bond motifs is 3. The molecule has 3 aliphatic rings. The van der Waals surface area contributed by atoms with Crippen LogP contribution in [-0.2, 0) is 20.8 Å². The highest BCUT2D eigenvalue weighted by atomic mass is 16.3. The Morgan fingerprint density at radius 1 is 1.00 bits per heavy atom. The molecular formula is C33H37N3O8. The number of phenolic OH excluding ortho intramolecular Hbond substituents is 1. The second-order valence-electron chi connectivity index (χ2n) is 12.4. The molecule has 2 aromatic carbocycles. The number of carbonyl (C=O) groups excluding carboxylic acids is 4. The number of rotatable bonds is 8. The maximum atomic E-state index is 14.0. The average Bonchev–Trinajstić information content (AvgIpc) is 2.94. The van der Waals surface area contributed by atoms with E-state index in [0.29, 0.717) is 23.1 Å². The van der Waals surface area contributed by atoms with E-state index >= 15 is 0 Å². The second-order valence-corrected chi connectivity index (χ2v) is 12.4. The summed E-state index contributed by atoms with van der Waals surface area (Å²) in [7, 11) is 7.01. The van der Waals surface area contributed by atoms with Gasteiger partial charge in [-0.3, -0.25) is 24.1 Å². The van der Waals surface area contributed by atoms with Gasteiger partial charge in [-0.2, -0.15) is 0 Å². The minimum absolute atomic E-state index is 0.00124. The molecule has 11 heteroatoms. The van der Waals surface area contributed by atoms with Crippen molar-refractivity contribution in [2.75, 3.05) is 34.7 Å². The largest absolute Gasteiger partial charge is 0.508 e. The van der Waals surface area contributed by atoms with Crippen molar-refractivity contribution < 1.29 is 39.6 Å². The zero-order valence-electron chi connectivity index (χ0n) is 25.1. The SMILES string of the molecule is CN(C)CCCC(=O)c1ccc(-c2ccc(O)c3c2C[C@@H]2C[C@@H]4[C@@H](N(C)C)C(=O)C(C(N)=O)=C(O)[C@@]4(O)C(=O)C2=C3O)cc1. The van der Waals surface area contributed by atoms with Crippen LogP contribution in [0.15, 0.2) is 53.3 Å². The van der Waals surface area contributed by atoms with E-state index in [4.69, 9.17) is 5.73 Å². The third-order valence-electron chi connectivity index (χ3n) is 9.13. The summed E-state index contributed by atoms with van der Waals surface area (Å²) in [5.74, 6) is -6.91. The van der Waals surface area contributed by atoms with E-state index < -0.39 is 58.0 Å². The first-order valence-corrected chi connectivity index (χ1v) is 14.5. The number of aliphatic hydroxyl groups excluding tert-OH is 2. The number of Topliss-reactive ketones (excluding diaryl/α,β-unsaturated/α-hetero) is 3. The fraction of sp³-hybridized carbons (Fsp3) is 0.394.